The number of hydrogen-bond acceptors (Lipinski definition) is 3. The zero-order valence-corrected chi connectivity index (χ0v) is 9.98. The van der Waals surface area contributed by atoms with Crippen molar-refractivity contribution in [3.8, 4) is 11.5 Å². The lowest BCUT2D eigenvalue weighted by Gasteiger charge is -2.08. The van der Waals surface area contributed by atoms with Crippen LogP contribution in [0.2, 0.25) is 5.02 Å². The molecule has 2 aromatic rings. The average molecular weight is 264 g/mol. The van der Waals surface area contributed by atoms with Crippen molar-refractivity contribution >= 4 is 23.2 Å². The van der Waals surface area contributed by atoms with Crippen LogP contribution in [0.3, 0.4) is 0 Å². The number of aromatic hydroxyl groups is 2. The van der Waals surface area contributed by atoms with Crippen molar-refractivity contribution < 1.29 is 15.0 Å². The topological polar surface area (TPSA) is 69.6 Å². The number of hydrogen-bond donors (Lipinski definition) is 3. The van der Waals surface area contributed by atoms with Gasteiger partial charge >= 0.3 is 0 Å². The largest absolute Gasteiger partial charge is 0.508 e. The standard InChI is InChI=1S/C13H10ClNO3/c14-10-7-8(16)5-6-11(10)15-13(18)9-3-1-2-4-12(9)17/h1-7,16-17H,(H,15,18). The molecule has 2 rings (SSSR count). The number of nitrogens with one attached hydrogen (secondary N) is 1. The fourth-order valence-electron chi connectivity index (χ4n) is 1.46. The zero-order valence-electron chi connectivity index (χ0n) is 9.22. The highest BCUT2D eigenvalue weighted by Crippen LogP contribution is 2.27. The van der Waals surface area contributed by atoms with E-state index in [0.29, 0.717) is 5.69 Å². The molecular formula is C13H10ClNO3. The van der Waals surface area contributed by atoms with Crippen LogP contribution in [0.4, 0.5) is 5.69 Å². The minimum absolute atomic E-state index is 0.0144. The Morgan fingerprint density at radius 3 is 2.50 bits per heavy atom. The van der Waals surface area contributed by atoms with Gasteiger partial charge in [-0.2, -0.15) is 0 Å². The van der Waals surface area contributed by atoms with Gasteiger partial charge in [-0.3, -0.25) is 4.79 Å². The van der Waals surface area contributed by atoms with Crippen molar-refractivity contribution in [3.05, 3.63) is 53.1 Å². The van der Waals surface area contributed by atoms with E-state index in [4.69, 9.17) is 11.6 Å². The minimum Gasteiger partial charge on any atom is -0.508 e. The predicted octanol–water partition coefficient (Wildman–Crippen LogP) is 3.00. The third-order valence-corrected chi connectivity index (χ3v) is 2.66. The molecule has 3 N–H and O–H groups in total. The maximum absolute atomic E-state index is 11.9. The lowest BCUT2D eigenvalue weighted by Crippen LogP contribution is -2.12. The third kappa shape index (κ3) is 2.55. The van der Waals surface area contributed by atoms with Crippen LogP contribution >= 0.6 is 11.6 Å². The molecule has 0 aliphatic carbocycles. The second kappa shape index (κ2) is 4.98. The van der Waals surface area contributed by atoms with E-state index in [1.807, 2.05) is 0 Å². The molecule has 1 amide bonds. The van der Waals surface area contributed by atoms with Crippen molar-refractivity contribution in [2.45, 2.75) is 0 Å². The predicted molar refractivity (Wildman–Crippen MR) is 69.2 cm³/mol. The smallest absolute Gasteiger partial charge is 0.259 e. The van der Waals surface area contributed by atoms with Crippen LogP contribution in [0.1, 0.15) is 10.4 Å². The third-order valence-electron chi connectivity index (χ3n) is 2.35. The maximum atomic E-state index is 11.9. The molecule has 0 saturated carbocycles. The molecule has 0 bridgehead atoms. The number of anilines is 1. The molecule has 0 radical (unpaired) electrons. The number of rotatable bonds is 2. The summed E-state index contributed by atoms with van der Waals surface area (Å²) in [5.41, 5.74) is 0.518. The van der Waals surface area contributed by atoms with Gasteiger partial charge in [0.2, 0.25) is 0 Å². The molecule has 0 atom stereocenters. The Morgan fingerprint density at radius 2 is 1.83 bits per heavy atom. The number of phenolic OH excluding ortho intramolecular Hbond substituents is 2. The fourth-order valence-corrected chi connectivity index (χ4v) is 1.68. The highest BCUT2D eigenvalue weighted by molar-refractivity contribution is 6.34. The molecular weight excluding hydrogens is 254 g/mol. The number of carbonyl (C=O) groups excluding carboxylic acids is 1. The Balaban J connectivity index is 2.24. The first-order valence-electron chi connectivity index (χ1n) is 5.16. The normalized spacial score (nSPS) is 10.1. The molecule has 0 aromatic heterocycles. The highest BCUT2D eigenvalue weighted by atomic mass is 35.5. The van der Waals surface area contributed by atoms with Crippen molar-refractivity contribution in [1.82, 2.24) is 0 Å². The van der Waals surface area contributed by atoms with Crippen LogP contribution in [0.15, 0.2) is 42.5 Å². The van der Waals surface area contributed by atoms with Gasteiger partial charge in [-0.1, -0.05) is 23.7 Å². The van der Waals surface area contributed by atoms with Crippen LogP contribution in [-0.2, 0) is 0 Å². The summed E-state index contributed by atoms with van der Waals surface area (Å²) < 4.78 is 0. The van der Waals surface area contributed by atoms with Crippen LogP contribution in [0.25, 0.3) is 0 Å². The second-order valence-corrected chi connectivity index (χ2v) is 4.04. The van der Waals surface area contributed by atoms with Gasteiger partial charge in [-0.25, -0.2) is 0 Å². The summed E-state index contributed by atoms with van der Waals surface area (Å²) in [6.45, 7) is 0. The van der Waals surface area contributed by atoms with Gasteiger partial charge in [0.1, 0.15) is 11.5 Å². The van der Waals surface area contributed by atoms with Gasteiger partial charge in [0.05, 0.1) is 16.3 Å². The molecule has 0 aliphatic heterocycles. The molecule has 0 saturated heterocycles. The van der Waals surface area contributed by atoms with E-state index in [0.717, 1.165) is 0 Å². The second-order valence-electron chi connectivity index (χ2n) is 3.64. The molecule has 0 aliphatic rings. The van der Waals surface area contributed by atoms with Crippen LogP contribution in [-0.4, -0.2) is 16.1 Å². The monoisotopic (exact) mass is 263 g/mol. The number of phenols is 2. The lowest BCUT2D eigenvalue weighted by molar-refractivity contribution is 0.102. The van der Waals surface area contributed by atoms with E-state index >= 15 is 0 Å². The van der Waals surface area contributed by atoms with Gasteiger partial charge < -0.3 is 15.5 Å². The molecule has 4 nitrogen and oxygen atoms in total. The molecule has 2 aromatic carbocycles. The summed E-state index contributed by atoms with van der Waals surface area (Å²) in [6.07, 6.45) is 0. The molecule has 0 fully saturated rings. The van der Waals surface area contributed by atoms with E-state index in [2.05, 4.69) is 5.32 Å². The van der Waals surface area contributed by atoms with Gasteiger partial charge in [0.25, 0.3) is 5.91 Å². The Morgan fingerprint density at radius 1 is 1.11 bits per heavy atom. The van der Waals surface area contributed by atoms with Gasteiger partial charge in [0.15, 0.2) is 0 Å². The SMILES string of the molecule is O=C(Nc1ccc(O)cc1Cl)c1ccccc1O. The molecule has 18 heavy (non-hydrogen) atoms. The molecule has 92 valence electrons. The summed E-state index contributed by atoms with van der Waals surface area (Å²) in [5, 5.41) is 21.5. The first-order chi connectivity index (χ1) is 8.58. The molecule has 0 spiro atoms. The Hall–Kier alpha value is -2.20. The first-order valence-corrected chi connectivity index (χ1v) is 5.53. The number of carbonyl (C=O) groups is 1. The Labute approximate surface area is 108 Å². The molecule has 0 heterocycles. The van der Waals surface area contributed by atoms with Crippen molar-refractivity contribution in [3.63, 3.8) is 0 Å². The van der Waals surface area contributed by atoms with Crippen LogP contribution in [0, 0.1) is 0 Å². The summed E-state index contributed by atoms with van der Waals surface area (Å²) in [4.78, 5) is 11.9. The number of amides is 1. The zero-order chi connectivity index (χ0) is 13.1. The van der Waals surface area contributed by atoms with E-state index in [1.54, 1.807) is 12.1 Å². The number of benzene rings is 2. The number of halogens is 1. The van der Waals surface area contributed by atoms with E-state index < -0.39 is 5.91 Å². The fraction of sp³-hybridized carbons (Fsp3) is 0. The molecule has 0 unspecified atom stereocenters. The van der Waals surface area contributed by atoms with Gasteiger partial charge in [-0.15, -0.1) is 0 Å². The average Bonchev–Trinajstić information content (AvgIpc) is 2.33. The Bertz CT molecular complexity index is 599. The van der Waals surface area contributed by atoms with Crippen LogP contribution < -0.4 is 5.32 Å². The summed E-state index contributed by atoms with van der Waals surface area (Å²) in [6, 6.07) is 10.4. The quantitative estimate of drug-likeness (QED) is 0.730. The van der Waals surface area contributed by atoms with Crippen molar-refractivity contribution in [2.24, 2.45) is 0 Å². The molecule has 5 heteroatoms. The van der Waals surface area contributed by atoms with Crippen LogP contribution in [0.5, 0.6) is 11.5 Å². The van der Waals surface area contributed by atoms with Crippen molar-refractivity contribution in [2.75, 3.05) is 5.32 Å². The summed E-state index contributed by atoms with van der Waals surface area (Å²) in [7, 11) is 0. The maximum Gasteiger partial charge on any atom is 0.259 e. The van der Waals surface area contributed by atoms with E-state index in [9.17, 15) is 15.0 Å². The van der Waals surface area contributed by atoms with Crippen molar-refractivity contribution in [1.29, 1.82) is 0 Å². The van der Waals surface area contributed by atoms with E-state index in [1.165, 1.54) is 30.3 Å². The number of para-hydroxylation sites is 1. The summed E-state index contributed by atoms with van der Waals surface area (Å²) in [5.74, 6) is -0.564. The summed E-state index contributed by atoms with van der Waals surface area (Å²) >= 11 is 5.86. The first kappa shape index (κ1) is 12.3. The lowest BCUT2D eigenvalue weighted by atomic mass is 10.2. The van der Waals surface area contributed by atoms with Gasteiger partial charge in [-0.05, 0) is 24.3 Å². The van der Waals surface area contributed by atoms with E-state index in [-0.39, 0.29) is 22.1 Å². The minimum atomic E-state index is -0.472. The highest BCUT2D eigenvalue weighted by Gasteiger charge is 2.12. The Kier molecular flexibility index (Phi) is 3.39. The van der Waals surface area contributed by atoms with Gasteiger partial charge in [0, 0.05) is 6.07 Å².